The summed E-state index contributed by atoms with van der Waals surface area (Å²) in [7, 11) is 3.61. The maximum atomic E-state index is 5.06. The third kappa shape index (κ3) is 5.37. The van der Waals surface area contributed by atoms with Crippen LogP contribution >= 0.6 is 35.3 Å². The van der Waals surface area contributed by atoms with Crippen molar-refractivity contribution in [2.45, 2.75) is 30.5 Å². The van der Waals surface area contributed by atoms with E-state index < -0.39 is 0 Å². The highest BCUT2D eigenvalue weighted by Gasteiger charge is 2.23. The zero-order valence-electron chi connectivity index (χ0n) is 25.4. The van der Waals surface area contributed by atoms with Crippen molar-refractivity contribution in [3.05, 3.63) is 55.5 Å². The predicted molar refractivity (Wildman–Crippen MR) is 176 cm³/mol. The Hall–Kier alpha value is -6.20. The van der Waals surface area contributed by atoms with Gasteiger partial charge in [-0.25, -0.2) is 54.6 Å². The van der Waals surface area contributed by atoms with Crippen molar-refractivity contribution in [3.63, 3.8) is 0 Å². The van der Waals surface area contributed by atoms with Gasteiger partial charge in [0.15, 0.2) is 33.7 Å². The lowest BCUT2D eigenvalue weighted by atomic mass is 10.1. The Balaban J connectivity index is 1.26. The molecule has 9 heterocycles. The summed E-state index contributed by atoms with van der Waals surface area (Å²) in [5, 5.41) is 39.7. The molecule has 9 aromatic rings. The largest absolute Gasteiger partial charge is 0.311 e. The van der Waals surface area contributed by atoms with Gasteiger partial charge in [0, 0.05) is 43.8 Å². The van der Waals surface area contributed by atoms with Crippen molar-refractivity contribution in [1.29, 1.82) is 0 Å². The Bertz CT molecular complexity index is 2690. The number of hydrogen-bond donors (Lipinski definition) is 1. The molecule has 0 bridgehead atoms. The van der Waals surface area contributed by atoms with Gasteiger partial charge >= 0.3 is 0 Å². The van der Waals surface area contributed by atoms with Crippen molar-refractivity contribution >= 4 is 68.4 Å². The number of nitrogens with zero attached hydrogens (tertiary/aromatic N) is 19. The lowest BCUT2D eigenvalue weighted by Gasteiger charge is -2.13. The maximum absolute atomic E-state index is 5.06. The first-order chi connectivity index (χ1) is 24.6. The van der Waals surface area contributed by atoms with Gasteiger partial charge < -0.3 is 4.57 Å². The number of fused-ring (bicyclic) bond motifs is 3. The fourth-order valence-corrected chi connectivity index (χ4v) is 7.35. The summed E-state index contributed by atoms with van der Waals surface area (Å²) in [6.45, 7) is 0. The highest BCUT2D eigenvalue weighted by molar-refractivity contribution is 7.99. The summed E-state index contributed by atoms with van der Waals surface area (Å²) < 4.78 is 3.36. The van der Waals surface area contributed by atoms with E-state index in [1.807, 2.05) is 31.3 Å². The van der Waals surface area contributed by atoms with Gasteiger partial charge in [-0.1, -0.05) is 0 Å². The van der Waals surface area contributed by atoms with Gasteiger partial charge in [-0.05, 0) is 80.4 Å². The van der Waals surface area contributed by atoms with Crippen molar-refractivity contribution in [2.75, 3.05) is 0 Å². The molecule has 0 radical (unpaired) electrons. The summed E-state index contributed by atoms with van der Waals surface area (Å²) >= 11 is 3.83. The molecule has 0 saturated carbocycles. The van der Waals surface area contributed by atoms with Crippen LogP contribution in [0.15, 0.2) is 86.1 Å². The number of rotatable bonds is 8. The Morgan fingerprint density at radius 1 is 0.640 bits per heavy atom. The van der Waals surface area contributed by atoms with E-state index in [0.717, 1.165) is 5.39 Å². The second kappa shape index (κ2) is 12.4. The smallest absolute Gasteiger partial charge is 0.215 e. The zero-order valence-corrected chi connectivity index (χ0v) is 27.9. The molecule has 9 rings (SSSR count). The van der Waals surface area contributed by atoms with Crippen LogP contribution in [-0.2, 0) is 14.1 Å². The number of aromatic nitrogens is 20. The lowest BCUT2D eigenvalue weighted by Crippen LogP contribution is -2.02. The quantitative estimate of drug-likeness (QED) is 0.222. The Labute approximate surface area is 290 Å². The number of nitrogens with one attached hydrogen (secondary N) is 1. The van der Waals surface area contributed by atoms with Crippen molar-refractivity contribution in [2.24, 2.45) is 14.1 Å². The average Bonchev–Trinajstić information content (AvgIpc) is 3.91. The summed E-state index contributed by atoms with van der Waals surface area (Å²) in [6.07, 6.45) is 8.04. The molecule has 0 saturated heterocycles. The van der Waals surface area contributed by atoms with E-state index in [2.05, 4.69) is 71.3 Å². The van der Waals surface area contributed by atoms with Crippen LogP contribution in [0.2, 0.25) is 0 Å². The summed E-state index contributed by atoms with van der Waals surface area (Å²) in [6, 6.07) is 7.34. The molecular formula is C27H16N20S3. The first-order valence-electron chi connectivity index (χ1n) is 14.3. The average molecular weight is 717 g/mol. The van der Waals surface area contributed by atoms with Crippen molar-refractivity contribution in [1.82, 2.24) is 100 Å². The van der Waals surface area contributed by atoms with Gasteiger partial charge in [-0.2, -0.15) is 0 Å². The van der Waals surface area contributed by atoms with Crippen LogP contribution < -0.4 is 0 Å². The lowest BCUT2D eigenvalue weighted by molar-refractivity contribution is 0.664. The molecule has 20 nitrogen and oxygen atoms in total. The number of pyridine rings is 3. The van der Waals surface area contributed by atoms with Gasteiger partial charge in [-0.15, -0.1) is 20.4 Å². The van der Waals surface area contributed by atoms with Crippen LogP contribution in [0.1, 0.15) is 0 Å². The van der Waals surface area contributed by atoms with Crippen LogP contribution in [0.5, 0.6) is 0 Å². The Kier molecular flexibility index (Phi) is 7.39. The molecule has 0 aliphatic rings. The summed E-state index contributed by atoms with van der Waals surface area (Å²) in [4.78, 5) is 42.5. The van der Waals surface area contributed by atoms with Crippen LogP contribution in [0.4, 0.5) is 0 Å². The molecule has 0 aliphatic heterocycles. The van der Waals surface area contributed by atoms with E-state index in [1.54, 1.807) is 41.2 Å². The van der Waals surface area contributed by atoms with Gasteiger partial charge in [-0.3, -0.25) is 0 Å². The second-order valence-corrected chi connectivity index (χ2v) is 13.1. The van der Waals surface area contributed by atoms with Gasteiger partial charge in [0.1, 0.15) is 27.7 Å². The number of aromatic amines is 1. The number of H-pyrrole nitrogens is 1. The minimum absolute atomic E-state index is 0.353. The molecule has 242 valence electrons. The second-order valence-electron chi connectivity index (χ2n) is 10.2. The van der Waals surface area contributed by atoms with Crippen LogP contribution in [0.25, 0.3) is 55.9 Å². The molecule has 1 N–H and O–H groups in total. The highest BCUT2D eigenvalue weighted by atomic mass is 32.2. The molecule has 23 heteroatoms. The van der Waals surface area contributed by atoms with E-state index in [4.69, 9.17) is 19.9 Å². The van der Waals surface area contributed by atoms with Crippen LogP contribution in [-0.4, -0.2) is 100 Å². The molecule has 50 heavy (non-hydrogen) atoms. The minimum Gasteiger partial charge on any atom is -0.311 e. The maximum Gasteiger partial charge on any atom is 0.215 e. The van der Waals surface area contributed by atoms with Gasteiger partial charge in [0.2, 0.25) is 10.3 Å². The number of tetrazole rings is 2. The normalized spacial score (nSPS) is 11.6. The molecule has 0 aliphatic carbocycles. The molecule has 0 atom stereocenters. The Morgan fingerprint density at radius 2 is 1.40 bits per heavy atom. The fourth-order valence-electron chi connectivity index (χ4n) is 4.89. The first kappa shape index (κ1) is 29.9. The molecule has 0 aromatic carbocycles. The standard InChI is InChI=1S/C27H16N20S3/c1-46-11-33-40-26(46)50-23-15-12(5-8-29-20(15)31-10-32-23)19-35-21-16(24(37-19)48-25-38-42-43-39-25)13(6-9-30-21)18-34-17-14(4-3-7-28-17)22(36-18)49-27-41-44-45-47(27)2/h3-11H,1-2H3,(H,38,39,42,43). The zero-order chi connectivity index (χ0) is 33.6. The summed E-state index contributed by atoms with van der Waals surface area (Å²) in [5.41, 5.74) is 2.57. The van der Waals surface area contributed by atoms with E-state index in [9.17, 15) is 0 Å². The minimum atomic E-state index is 0.353. The summed E-state index contributed by atoms with van der Waals surface area (Å²) in [5.74, 6) is 0.728. The van der Waals surface area contributed by atoms with Crippen LogP contribution in [0, 0.1) is 0 Å². The van der Waals surface area contributed by atoms with Gasteiger partial charge in [0.05, 0.1) is 16.2 Å². The van der Waals surface area contributed by atoms with Crippen molar-refractivity contribution < 1.29 is 0 Å². The number of aryl methyl sites for hydroxylation is 2. The molecule has 0 amide bonds. The Morgan fingerprint density at radius 3 is 2.16 bits per heavy atom. The van der Waals surface area contributed by atoms with E-state index in [1.165, 1.54) is 41.6 Å². The monoisotopic (exact) mass is 716 g/mol. The van der Waals surface area contributed by atoms with Gasteiger partial charge in [0.25, 0.3) is 0 Å². The SMILES string of the molecule is Cn1cnnc1Sc1ncnc2nccc(-c3nc(Sc4nnn[nH]4)c4c(-c5nc(Sc6nnnn6C)c6cccnc6n5)ccnc4n3)c12. The topological polar surface area (TPSA) is 245 Å². The third-order valence-electron chi connectivity index (χ3n) is 7.13. The molecule has 0 spiro atoms. The molecule has 0 unspecified atom stereocenters. The highest BCUT2D eigenvalue weighted by Crippen LogP contribution is 2.40. The molecular weight excluding hydrogens is 701 g/mol. The first-order valence-corrected chi connectivity index (χ1v) is 16.8. The third-order valence-corrected chi connectivity index (χ3v) is 10.1. The molecule has 0 fully saturated rings. The van der Waals surface area contributed by atoms with E-state index in [0.29, 0.717) is 81.0 Å². The van der Waals surface area contributed by atoms with E-state index in [-0.39, 0.29) is 0 Å². The van der Waals surface area contributed by atoms with Crippen molar-refractivity contribution in [3.8, 4) is 22.8 Å². The molecule has 9 aromatic heterocycles. The van der Waals surface area contributed by atoms with E-state index >= 15 is 0 Å². The number of hydrogen-bond acceptors (Lipinski definition) is 20. The van der Waals surface area contributed by atoms with Crippen LogP contribution in [0.3, 0.4) is 0 Å². The fraction of sp³-hybridized carbons (Fsp3) is 0.0741. The predicted octanol–water partition coefficient (Wildman–Crippen LogP) is 2.65.